The Labute approximate surface area is 135 Å². The van der Waals surface area contributed by atoms with Crippen LogP contribution in [-0.2, 0) is 0 Å². The summed E-state index contributed by atoms with van der Waals surface area (Å²) in [5.41, 5.74) is 0.664. The molecule has 0 aliphatic carbocycles. The van der Waals surface area contributed by atoms with Gasteiger partial charge in [0.2, 0.25) is 0 Å². The summed E-state index contributed by atoms with van der Waals surface area (Å²) in [5, 5.41) is 1.43. The van der Waals surface area contributed by atoms with Crippen LogP contribution in [0.5, 0.6) is 0 Å². The van der Waals surface area contributed by atoms with E-state index in [4.69, 9.17) is 11.6 Å². The number of hydrogen-bond donors (Lipinski definition) is 0. The summed E-state index contributed by atoms with van der Waals surface area (Å²) in [6, 6.07) is 5.46. The van der Waals surface area contributed by atoms with Crippen LogP contribution in [-0.4, -0.2) is 29.2 Å². The monoisotopic (exact) mass is 443 g/mol. The minimum Gasteiger partial charge on any atom is -0.338 e. The molecule has 1 aromatic rings. The maximum atomic E-state index is 12.3. The number of hydrogen-bond acceptors (Lipinski definition) is 1. The normalized spacial score (nSPS) is 10.4. The van der Waals surface area contributed by atoms with Gasteiger partial charge in [0.25, 0.3) is 5.91 Å². The molecule has 0 saturated heterocycles. The van der Waals surface area contributed by atoms with Crippen LogP contribution >= 0.6 is 50.1 Å². The Morgan fingerprint density at radius 3 is 2.72 bits per heavy atom. The molecule has 18 heavy (non-hydrogen) atoms. The summed E-state index contributed by atoms with van der Waals surface area (Å²) in [7, 11) is 0. The molecule has 0 bridgehead atoms. The molecule has 0 atom stereocenters. The summed E-state index contributed by atoms with van der Waals surface area (Å²) in [6.07, 6.45) is 2.11. The van der Waals surface area contributed by atoms with Crippen molar-refractivity contribution < 1.29 is 4.79 Å². The third-order valence-corrected chi connectivity index (χ3v) is 4.52. The van der Waals surface area contributed by atoms with Gasteiger partial charge in [-0.15, -0.1) is 0 Å². The first-order valence-corrected chi connectivity index (χ1v) is 8.48. The molecule has 5 heteroatoms. The first-order valence-electron chi connectivity index (χ1n) is 5.90. The maximum absolute atomic E-state index is 12.3. The second-order valence-corrected chi connectivity index (χ2v) is 6.33. The van der Waals surface area contributed by atoms with E-state index in [1.165, 1.54) is 0 Å². The zero-order chi connectivity index (χ0) is 13.5. The summed E-state index contributed by atoms with van der Waals surface area (Å²) in [5.74, 6) is 0.0567. The molecule has 0 heterocycles. The van der Waals surface area contributed by atoms with E-state index in [1.54, 1.807) is 6.07 Å². The SMILES string of the molecule is CCCCN(CCBr)C(=O)c1ccc(I)c(Cl)c1. The lowest BCUT2D eigenvalue weighted by Crippen LogP contribution is -2.33. The van der Waals surface area contributed by atoms with Crippen molar-refractivity contribution in [1.82, 2.24) is 4.90 Å². The summed E-state index contributed by atoms with van der Waals surface area (Å²) in [6.45, 7) is 3.64. The Morgan fingerprint density at radius 1 is 1.44 bits per heavy atom. The number of carbonyl (C=O) groups is 1. The van der Waals surface area contributed by atoms with E-state index in [0.29, 0.717) is 10.6 Å². The van der Waals surface area contributed by atoms with Gasteiger partial charge in [0.1, 0.15) is 0 Å². The summed E-state index contributed by atoms with van der Waals surface area (Å²) in [4.78, 5) is 14.2. The van der Waals surface area contributed by atoms with Crippen molar-refractivity contribution in [2.75, 3.05) is 18.4 Å². The van der Waals surface area contributed by atoms with Crippen LogP contribution in [0.3, 0.4) is 0 Å². The molecule has 1 aromatic carbocycles. The number of unbranched alkanes of at least 4 members (excludes halogenated alkanes) is 1. The number of carbonyl (C=O) groups excluding carboxylic acids is 1. The Morgan fingerprint density at radius 2 is 2.17 bits per heavy atom. The van der Waals surface area contributed by atoms with Crippen molar-refractivity contribution in [1.29, 1.82) is 0 Å². The Hall–Kier alpha value is 0.190. The van der Waals surface area contributed by atoms with E-state index >= 15 is 0 Å². The molecule has 0 N–H and O–H groups in total. The molecule has 1 rings (SSSR count). The predicted molar refractivity (Wildman–Crippen MR) is 88.8 cm³/mol. The van der Waals surface area contributed by atoms with Crippen molar-refractivity contribution in [3.05, 3.63) is 32.4 Å². The van der Waals surface area contributed by atoms with Crippen LogP contribution in [0, 0.1) is 3.57 Å². The minimum atomic E-state index is 0.0567. The third kappa shape index (κ3) is 4.70. The molecular weight excluding hydrogens is 428 g/mol. The lowest BCUT2D eigenvalue weighted by Gasteiger charge is -2.21. The molecule has 0 aromatic heterocycles. The van der Waals surface area contributed by atoms with Crippen molar-refractivity contribution in [2.24, 2.45) is 0 Å². The quantitative estimate of drug-likeness (QED) is 0.465. The van der Waals surface area contributed by atoms with Crippen molar-refractivity contribution in [2.45, 2.75) is 19.8 Å². The number of amides is 1. The van der Waals surface area contributed by atoms with Gasteiger partial charge >= 0.3 is 0 Å². The lowest BCUT2D eigenvalue weighted by atomic mass is 10.2. The van der Waals surface area contributed by atoms with E-state index in [1.807, 2.05) is 17.0 Å². The molecule has 100 valence electrons. The molecule has 0 spiro atoms. The number of rotatable bonds is 6. The number of nitrogens with zero attached hydrogens (tertiary/aromatic N) is 1. The molecular formula is C13H16BrClINO. The van der Waals surface area contributed by atoms with Crippen LogP contribution in [0.4, 0.5) is 0 Å². The van der Waals surface area contributed by atoms with E-state index < -0.39 is 0 Å². The standard InChI is InChI=1S/C13H16BrClINO/c1-2-3-7-17(8-6-14)13(18)10-4-5-12(16)11(15)9-10/h4-5,9H,2-3,6-8H2,1H3. The van der Waals surface area contributed by atoms with Gasteiger partial charge in [-0.1, -0.05) is 40.9 Å². The maximum Gasteiger partial charge on any atom is 0.253 e. The van der Waals surface area contributed by atoms with Gasteiger partial charge in [0.15, 0.2) is 0 Å². The van der Waals surface area contributed by atoms with Crippen molar-refractivity contribution >= 4 is 56.0 Å². The number of alkyl halides is 1. The van der Waals surface area contributed by atoms with Gasteiger partial charge < -0.3 is 4.90 Å². The van der Waals surface area contributed by atoms with Crippen LogP contribution < -0.4 is 0 Å². The molecule has 0 aliphatic heterocycles. The van der Waals surface area contributed by atoms with Crippen LogP contribution in [0.25, 0.3) is 0 Å². The molecule has 0 aliphatic rings. The minimum absolute atomic E-state index is 0.0567. The van der Waals surface area contributed by atoms with E-state index in [-0.39, 0.29) is 5.91 Å². The summed E-state index contributed by atoms with van der Waals surface area (Å²) < 4.78 is 0.964. The van der Waals surface area contributed by atoms with E-state index in [9.17, 15) is 4.79 Å². The first-order chi connectivity index (χ1) is 8.60. The zero-order valence-electron chi connectivity index (χ0n) is 10.3. The smallest absolute Gasteiger partial charge is 0.253 e. The molecule has 0 unspecified atom stereocenters. The molecule has 2 nitrogen and oxygen atoms in total. The Kier molecular flexibility index (Phi) is 7.56. The van der Waals surface area contributed by atoms with Gasteiger partial charge in [-0.25, -0.2) is 0 Å². The highest BCUT2D eigenvalue weighted by Gasteiger charge is 2.15. The van der Waals surface area contributed by atoms with Crippen LogP contribution in [0.1, 0.15) is 30.1 Å². The second-order valence-electron chi connectivity index (χ2n) is 3.96. The average molecular weight is 445 g/mol. The van der Waals surface area contributed by atoms with E-state index in [2.05, 4.69) is 45.4 Å². The Bertz CT molecular complexity index is 414. The topological polar surface area (TPSA) is 20.3 Å². The highest BCUT2D eigenvalue weighted by atomic mass is 127. The largest absolute Gasteiger partial charge is 0.338 e. The van der Waals surface area contributed by atoms with Crippen molar-refractivity contribution in [3.8, 4) is 0 Å². The fourth-order valence-corrected chi connectivity index (χ4v) is 2.52. The van der Waals surface area contributed by atoms with Crippen LogP contribution in [0.2, 0.25) is 5.02 Å². The second kappa shape index (κ2) is 8.38. The van der Waals surface area contributed by atoms with Gasteiger partial charge in [-0.05, 0) is 47.2 Å². The predicted octanol–water partition coefficient (Wildman–Crippen LogP) is 4.58. The molecule has 0 fully saturated rings. The van der Waals surface area contributed by atoms with Crippen molar-refractivity contribution in [3.63, 3.8) is 0 Å². The van der Waals surface area contributed by atoms with Gasteiger partial charge in [-0.2, -0.15) is 0 Å². The first kappa shape index (κ1) is 16.2. The third-order valence-electron chi connectivity index (χ3n) is 2.59. The number of benzene rings is 1. The lowest BCUT2D eigenvalue weighted by molar-refractivity contribution is 0.0764. The van der Waals surface area contributed by atoms with Crippen LogP contribution in [0.15, 0.2) is 18.2 Å². The zero-order valence-corrected chi connectivity index (χ0v) is 14.8. The fraction of sp³-hybridized carbons (Fsp3) is 0.462. The molecule has 0 saturated carbocycles. The van der Waals surface area contributed by atoms with Gasteiger partial charge in [-0.3, -0.25) is 4.79 Å². The highest BCUT2D eigenvalue weighted by molar-refractivity contribution is 14.1. The highest BCUT2D eigenvalue weighted by Crippen LogP contribution is 2.20. The molecule has 1 amide bonds. The Balaban J connectivity index is 2.83. The molecule has 0 radical (unpaired) electrons. The number of halogens is 3. The van der Waals surface area contributed by atoms with Gasteiger partial charge in [0, 0.05) is 27.6 Å². The van der Waals surface area contributed by atoms with E-state index in [0.717, 1.165) is 34.8 Å². The van der Waals surface area contributed by atoms with Gasteiger partial charge in [0.05, 0.1) is 5.02 Å². The fourth-order valence-electron chi connectivity index (χ4n) is 1.58. The summed E-state index contributed by atoms with van der Waals surface area (Å²) >= 11 is 11.6. The average Bonchev–Trinajstić information content (AvgIpc) is 2.37.